The van der Waals surface area contributed by atoms with E-state index in [1.807, 2.05) is 24.3 Å². The SMILES string of the molecule is O=C(Nc1ccnn1Cc1ccc(Cl)cc1)c1ccc(Cl)o1. The van der Waals surface area contributed by atoms with Gasteiger partial charge in [-0.2, -0.15) is 5.10 Å². The third-order valence-corrected chi connectivity index (χ3v) is 3.46. The van der Waals surface area contributed by atoms with Gasteiger partial charge in [0.15, 0.2) is 11.0 Å². The van der Waals surface area contributed by atoms with E-state index in [9.17, 15) is 4.79 Å². The van der Waals surface area contributed by atoms with Gasteiger partial charge in [0.25, 0.3) is 5.91 Å². The average Bonchev–Trinajstić information content (AvgIpc) is 3.11. The lowest BCUT2D eigenvalue weighted by atomic mass is 10.2. The fraction of sp³-hybridized carbons (Fsp3) is 0.0667. The largest absolute Gasteiger partial charge is 0.440 e. The molecule has 0 radical (unpaired) electrons. The van der Waals surface area contributed by atoms with E-state index in [4.69, 9.17) is 27.6 Å². The maximum absolute atomic E-state index is 12.1. The van der Waals surface area contributed by atoms with Gasteiger partial charge in [0.1, 0.15) is 5.82 Å². The molecular weight excluding hydrogens is 325 g/mol. The zero-order chi connectivity index (χ0) is 15.5. The second kappa shape index (κ2) is 6.25. The molecule has 2 aromatic heterocycles. The quantitative estimate of drug-likeness (QED) is 0.781. The number of carbonyl (C=O) groups is 1. The molecule has 0 saturated heterocycles. The summed E-state index contributed by atoms with van der Waals surface area (Å²) in [5.74, 6) is 0.321. The van der Waals surface area contributed by atoms with Gasteiger partial charge in [0.2, 0.25) is 0 Å². The highest BCUT2D eigenvalue weighted by atomic mass is 35.5. The number of nitrogens with one attached hydrogen (secondary N) is 1. The standard InChI is InChI=1S/C15H11Cl2N3O2/c16-11-3-1-10(2-4-11)9-20-14(7-8-18-20)19-15(21)12-5-6-13(17)22-12/h1-8H,9H2,(H,19,21). The van der Waals surface area contributed by atoms with Crippen LogP contribution in [0.4, 0.5) is 5.82 Å². The van der Waals surface area contributed by atoms with E-state index in [0.717, 1.165) is 5.56 Å². The Morgan fingerprint density at radius 3 is 2.59 bits per heavy atom. The minimum absolute atomic E-state index is 0.143. The molecule has 0 bridgehead atoms. The number of anilines is 1. The molecule has 0 aliphatic rings. The smallest absolute Gasteiger partial charge is 0.292 e. The van der Waals surface area contributed by atoms with Crippen molar-refractivity contribution in [1.29, 1.82) is 0 Å². The Morgan fingerprint density at radius 1 is 1.14 bits per heavy atom. The highest BCUT2D eigenvalue weighted by Gasteiger charge is 2.13. The molecule has 1 aromatic carbocycles. The second-order valence-corrected chi connectivity index (χ2v) is 5.37. The molecule has 0 unspecified atom stereocenters. The van der Waals surface area contributed by atoms with Crippen LogP contribution in [-0.4, -0.2) is 15.7 Å². The highest BCUT2D eigenvalue weighted by molar-refractivity contribution is 6.30. The summed E-state index contributed by atoms with van der Waals surface area (Å²) >= 11 is 11.5. The van der Waals surface area contributed by atoms with E-state index in [-0.39, 0.29) is 16.9 Å². The van der Waals surface area contributed by atoms with Crippen molar-refractivity contribution in [2.24, 2.45) is 0 Å². The normalized spacial score (nSPS) is 10.6. The molecule has 112 valence electrons. The number of benzene rings is 1. The number of halogens is 2. The summed E-state index contributed by atoms with van der Waals surface area (Å²) in [6.45, 7) is 0.513. The zero-order valence-electron chi connectivity index (χ0n) is 11.3. The molecule has 1 amide bonds. The Morgan fingerprint density at radius 2 is 1.91 bits per heavy atom. The second-order valence-electron chi connectivity index (χ2n) is 4.56. The zero-order valence-corrected chi connectivity index (χ0v) is 12.8. The van der Waals surface area contributed by atoms with Crippen LogP contribution in [0.25, 0.3) is 0 Å². The van der Waals surface area contributed by atoms with Gasteiger partial charge in [-0.05, 0) is 41.4 Å². The number of carbonyl (C=O) groups excluding carboxylic acids is 1. The Hall–Kier alpha value is -2.24. The molecule has 2 heterocycles. The van der Waals surface area contributed by atoms with E-state index >= 15 is 0 Å². The summed E-state index contributed by atoms with van der Waals surface area (Å²) in [6.07, 6.45) is 1.61. The Kier molecular flexibility index (Phi) is 4.18. The van der Waals surface area contributed by atoms with Crippen LogP contribution in [0.2, 0.25) is 10.2 Å². The first-order chi connectivity index (χ1) is 10.6. The van der Waals surface area contributed by atoms with E-state index in [2.05, 4.69) is 10.4 Å². The van der Waals surface area contributed by atoms with Crippen molar-refractivity contribution in [2.45, 2.75) is 6.54 Å². The molecule has 0 fully saturated rings. The predicted octanol–water partition coefficient (Wildman–Crippen LogP) is 4.08. The third kappa shape index (κ3) is 3.32. The third-order valence-electron chi connectivity index (χ3n) is 3.00. The molecule has 1 N–H and O–H groups in total. The first kappa shape index (κ1) is 14.7. The lowest BCUT2D eigenvalue weighted by Gasteiger charge is -2.08. The van der Waals surface area contributed by atoms with Gasteiger partial charge in [-0.25, -0.2) is 4.68 Å². The lowest BCUT2D eigenvalue weighted by Crippen LogP contribution is -2.15. The summed E-state index contributed by atoms with van der Waals surface area (Å²) in [6, 6.07) is 12.2. The highest BCUT2D eigenvalue weighted by Crippen LogP contribution is 2.17. The Labute approximate surface area is 136 Å². The number of furan rings is 1. The van der Waals surface area contributed by atoms with E-state index in [1.54, 1.807) is 16.9 Å². The number of aromatic nitrogens is 2. The topological polar surface area (TPSA) is 60.1 Å². The summed E-state index contributed by atoms with van der Waals surface area (Å²) < 4.78 is 6.75. The fourth-order valence-electron chi connectivity index (χ4n) is 1.94. The van der Waals surface area contributed by atoms with Crippen LogP contribution < -0.4 is 5.32 Å². The summed E-state index contributed by atoms with van der Waals surface area (Å²) in [5, 5.41) is 7.77. The van der Waals surface area contributed by atoms with Crippen LogP contribution in [0.3, 0.4) is 0 Å². The maximum Gasteiger partial charge on any atom is 0.292 e. The summed E-state index contributed by atoms with van der Waals surface area (Å²) in [5.41, 5.74) is 1.02. The molecule has 0 aliphatic carbocycles. The van der Waals surface area contributed by atoms with Gasteiger partial charge in [0.05, 0.1) is 12.7 Å². The molecule has 0 aliphatic heterocycles. The van der Waals surface area contributed by atoms with Crippen LogP contribution >= 0.6 is 23.2 Å². The van der Waals surface area contributed by atoms with Crippen molar-refractivity contribution in [1.82, 2.24) is 9.78 Å². The van der Waals surface area contributed by atoms with Crippen molar-refractivity contribution >= 4 is 34.9 Å². The minimum Gasteiger partial charge on any atom is -0.440 e. The van der Waals surface area contributed by atoms with Crippen LogP contribution in [0.15, 0.2) is 53.1 Å². The Bertz CT molecular complexity index is 793. The maximum atomic E-state index is 12.1. The molecule has 0 atom stereocenters. The molecule has 3 aromatic rings. The molecular formula is C15H11Cl2N3O2. The van der Waals surface area contributed by atoms with Crippen LogP contribution in [0.1, 0.15) is 16.1 Å². The van der Waals surface area contributed by atoms with Crippen LogP contribution in [-0.2, 0) is 6.54 Å². The van der Waals surface area contributed by atoms with Crippen molar-refractivity contribution in [3.05, 3.63) is 70.2 Å². The Balaban J connectivity index is 1.74. The van der Waals surface area contributed by atoms with Gasteiger partial charge in [0, 0.05) is 11.1 Å². The van der Waals surface area contributed by atoms with Gasteiger partial charge < -0.3 is 9.73 Å². The summed E-state index contributed by atoms with van der Waals surface area (Å²) in [4.78, 5) is 12.1. The monoisotopic (exact) mass is 335 g/mol. The van der Waals surface area contributed by atoms with E-state index in [1.165, 1.54) is 12.1 Å². The molecule has 7 heteroatoms. The van der Waals surface area contributed by atoms with Gasteiger partial charge in [-0.15, -0.1) is 0 Å². The average molecular weight is 336 g/mol. The van der Waals surface area contributed by atoms with Crippen molar-refractivity contribution in [2.75, 3.05) is 5.32 Å². The van der Waals surface area contributed by atoms with Gasteiger partial charge in [-0.3, -0.25) is 4.79 Å². The number of nitrogens with zero attached hydrogens (tertiary/aromatic N) is 2. The molecule has 0 spiro atoms. The molecule has 3 rings (SSSR count). The predicted molar refractivity (Wildman–Crippen MR) is 84.5 cm³/mol. The molecule has 5 nitrogen and oxygen atoms in total. The number of rotatable bonds is 4. The van der Waals surface area contributed by atoms with Gasteiger partial charge >= 0.3 is 0 Å². The van der Waals surface area contributed by atoms with Crippen molar-refractivity contribution in [3.8, 4) is 0 Å². The van der Waals surface area contributed by atoms with Crippen LogP contribution in [0, 0.1) is 0 Å². The van der Waals surface area contributed by atoms with E-state index < -0.39 is 0 Å². The minimum atomic E-state index is -0.384. The first-order valence-corrected chi connectivity index (χ1v) is 7.20. The fourth-order valence-corrected chi connectivity index (χ4v) is 2.21. The number of hydrogen-bond acceptors (Lipinski definition) is 3. The van der Waals surface area contributed by atoms with Crippen LogP contribution in [0.5, 0.6) is 0 Å². The number of hydrogen-bond donors (Lipinski definition) is 1. The van der Waals surface area contributed by atoms with Crippen molar-refractivity contribution in [3.63, 3.8) is 0 Å². The lowest BCUT2D eigenvalue weighted by molar-refractivity contribution is 0.0996. The van der Waals surface area contributed by atoms with Crippen molar-refractivity contribution < 1.29 is 9.21 Å². The summed E-state index contributed by atoms with van der Waals surface area (Å²) in [7, 11) is 0. The number of amides is 1. The molecule has 22 heavy (non-hydrogen) atoms. The first-order valence-electron chi connectivity index (χ1n) is 6.45. The van der Waals surface area contributed by atoms with Gasteiger partial charge in [-0.1, -0.05) is 23.7 Å². The van der Waals surface area contributed by atoms with E-state index in [0.29, 0.717) is 17.4 Å². The molecule has 0 saturated carbocycles.